The molecule has 160 valence electrons. The Morgan fingerprint density at radius 1 is 0.500 bits per heavy atom. The molecule has 20 radical (unpaired) electrons. The van der Waals surface area contributed by atoms with Gasteiger partial charge >= 0.3 is 34.1 Å². The van der Waals surface area contributed by atoms with Crippen LogP contribution in [0.3, 0.4) is 0 Å². The van der Waals surface area contributed by atoms with Gasteiger partial charge in [-0.15, -0.1) is 0 Å². The van der Waals surface area contributed by atoms with E-state index in [4.69, 9.17) is 0 Å². The van der Waals surface area contributed by atoms with Crippen LogP contribution in [0.5, 0.6) is 0 Å². The third kappa shape index (κ3) is 10.8. The summed E-state index contributed by atoms with van der Waals surface area (Å²) in [7, 11) is 0. The second-order valence-electron chi connectivity index (χ2n) is 6.64. The zero-order valence-corrected chi connectivity index (χ0v) is 20.1. The fourth-order valence-corrected chi connectivity index (χ4v) is 2.65. The molecular weight excluding hydrogens is 480 g/mol. The van der Waals surface area contributed by atoms with Gasteiger partial charge in [-0.1, -0.05) is 0 Å². The third-order valence-electron chi connectivity index (χ3n) is 4.37. The molecule has 32 heavy (non-hydrogen) atoms. The minimum Gasteiger partial charge on any atom is -0.163 e. The zero-order chi connectivity index (χ0) is 21.0. The summed E-state index contributed by atoms with van der Waals surface area (Å²) in [5.41, 5.74) is 1.88. The minimum absolute atomic E-state index is 0. The van der Waals surface area contributed by atoms with E-state index in [0.717, 1.165) is 35.1 Å². The van der Waals surface area contributed by atoms with Crippen molar-refractivity contribution >= 4 is 23.9 Å². The molecule has 4 saturated carbocycles. The molecule has 0 amide bonds. The van der Waals surface area contributed by atoms with Gasteiger partial charge < -0.3 is 0 Å². The van der Waals surface area contributed by atoms with Gasteiger partial charge in [-0.25, -0.2) is 0 Å². The van der Waals surface area contributed by atoms with E-state index in [1.165, 1.54) is 0 Å². The van der Waals surface area contributed by atoms with E-state index in [1.807, 2.05) is 117 Å². The van der Waals surface area contributed by atoms with Crippen molar-refractivity contribution in [2.75, 3.05) is 0 Å². The molecular formula is C26H24Fe2N4+4. The SMILES string of the molecule is C/C(=N\N=C(/C)[C]1[CH][CH][CH][CH]1)[C]1[CH][CH][CH][CH]1.[CH]1[CH][CH][C](/C=N/N=C/[C]2[CH][CH][CH][CH]2)[CH]1.[Fe+2].[Fe+2]. The molecule has 4 fully saturated rings. The number of rotatable bonds is 6. The number of nitrogens with zero attached hydrogens (tertiary/aromatic N) is 4. The van der Waals surface area contributed by atoms with E-state index < -0.39 is 0 Å². The van der Waals surface area contributed by atoms with Crippen molar-refractivity contribution < 1.29 is 34.1 Å². The van der Waals surface area contributed by atoms with Crippen LogP contribution in [0.15, 0.2) is 20.4 Å². The van der Waals surface area contributed by atoms with Crippen LogP contribution in [-0.2, 0) is 34.1 Å². The van der Waals surface area contributed by atoms with E-state index >= 15 is 0 Å². The molecule has 0 heterocycles. The average molecular weight is 504 g/mol. The second-order valence-corrected chi connectivity index (χ2v) is 6.64. The topological polar surface area (TPSA) is 49.4 Å². The predicted octanol–water partition coefficient (Wildman–Crippen LogP) is 4.48. The van der Waals surface area contributed by atoms with Gasteiger partial charge in [0.05, 0.1) is 0 Å². The molecule has 0 N–H and O–H groups in total. The molecule has 0 aromatic carbocycles. The van der Waals surface area contributed by atoms with Gasteiger partial charge in [0, 0.05) is 47.5 Å². The van der Waals surface area contributed by atoms with Crippen LogP contribution < -0.4 is 0 Å². The molecule has 0 aromatic rings. The van der Waals surface area contributed by atoms with Crippen molar-refractivity contribution in [3.8, 4) is 0 Å². The van der Waals surface area contributed by atoms with E-state index in [0.29, 0.717) is 0 Å². The minimum atomic E-state index is 0. The maximum Gasteiger partial charge on any atom is 2.00 e. The Balaban J connectivity index is 0.000000303. The Kier molecular flexibility index (Phi) is 16.0. The molecule has 0 atom stereocenters. The summed E-state index contributed by atoms with van der Waals surface area (Å²) in [4.78, 5) is 0. The summed E-state index contributed by atoms with van der Waals surface area (Å²) in [6.07, 6.45) is 35.5. The van der Waals surface area contributed by atoms with Crippen molar-refractivity contribution in [2.45, 2.75) is 13.8 Å². The summed E-state index contributed by atoms with van der Waals surface area (Å²) < 4.78 is 0. The van der Waals surface area contributed by atoms with E-state index in [2.05, 4.69) is 20.4 Å². The van der Waals surface area contributed by atoms with Gasteiger partial charge in [0.2, 0.25) is 0 Å². The summed E-state index contributed by atoms with van der Waals surface area (Å²) in [5.74, 6) is 4.40. The van der Waals surface area contributed by atoms with Crippen molar-refractivity contribution in [1.29, 1.82) is 0 Å². The van der Waals surface area contributed by atoms with Crippen LogP contribution in [0.1, 0.15) is 13.8 Å². The third-order valence-corrected chi connectivity index (χ3v) is 4.37. The molecule has 0 aromatic heterocycles. The monoisotopic (exact) mass is 504 g/mol. The van der Waals surface area contributed by atoms with E-state index in [9.17, 15) is 0 Å². The maximum atomic E-state index is 4.23. The molecule has 6 heteroatoms. The van der Waals surface area contributed by atoms with Crippen LogP contribution in [0.4, 0.5) is 0 Å². The fourth-order valence-electron chi connectivity index (χ4n) is 2.65. The number of hydrogen-bond acceptors (Lipinski definition) is 4. The quantitative estimate of drug-likeness (QED) is 0.291. The van der Waals surface area contributed by atoms with E-state index in [1.54, 1.807) is 12.4 Å². The number of hydrogen-bond donors (Lipinski definition) is 0. The summed E-state index contributed by atoms with van der Waals surface area (Å²) >= 11 is 0. The molecule has 0 aliphatic heterocycles. The predicted molar refractivity (Wildman–Crippen MR) is 125 cm³/mol. The normalized spacial score (nSPS) is 24.2. The van der Waals surface area contributed by atoms with Crippen molar-refractivity contribution in [1.82, 2.24) is 0 Å². The van der Waals surface area contributed by atoms with Gasteiger partial charge in [0.25, 0.3) is 0 Å². The molecule has 0 spiro atoms. The van der Waals surface area contributed by atoms with Crippen LogP contribution in [0.2, 0.25) is 0 Å². The molecule has 0 bridgehead atoms. The van der Waals surface area contributed by atoms with Gasteiger partial charge in [0.15, 0.2) is 0 Å². The first-order valence-electron chi connectivity index (χ1n) is 9.75. The molecule has 0 saturated heterocycles. The zero-order valence-electron chi connectivity index (χ0n) is 17.9. The molecule has 4 aliphatic carbocycles. The van der Waals surface area contributed by atoms with Crippen LogP contribution in [0, 0.1) is 126 Å². The van der Waals surface area contributed by atoms with Gasteiger partial charge in [-0.2, -0.15) is 20.4 Å². The summed E-state index contributed by atoms with van der Waals surface area (Å²) in [6.45, 7) is 3.94. The van der Waals surface area contributed by atoms with Crippen LogP contribution >= 0.6 is 0 Å². The summed E-state index contributed by atoms with van der Waals surface area (Å²) in [5, 5.41) is 16.3. The van der Waals surface area contributed by atoms with Gasteiger partial charge in [-0.3, -0.25) is 0 Å². The standard InChI is InChI=1S/C14H14N2.C12H10N2.2Fe/c1-11(13-7-3-4-8-13)15-16-12(2)14-9-5-6-10-14;1-2-6-11(5-1)9-13-14-10-12-7-3-4-8-12;;/h3-10H,1-2H3;1-10H;;/q;;2*+2/b15-11+,16-12+;13-9+,14-10+;;. The fraction of sp³-hybridized carbons (Fsp3) is 0.0769. The summed E-state index contributed by atoms with van der Waals surface area (Å²) in [6, 6.07) is 0. The molecule has 4 rings (SSSR count). The Labute approximate surface area is 218 Å². The van der Waals surface area contributed by atoms with Crippen molar-refractivity contribution in [3.63, 3.8) is 0 Å². The van der Waals surface area contributed by atoms with Gasteiger partial charge in [-0.05, 0) is 117 Å². The first-order chi connectivity index (χ1) is 14.7. The smallest absolute Gasteiger partial charge is 0.163 e. The van der Waals surface area contributed by atoms with E-state index in [-0.39, 0.29) is 34.1 Å². The van der Waals surface area contributed by atoms with Crippen LogP contribution in [-0.4, -0.2) is 23.9 Å². The largest absolute Gasteiger partial charge is 2.00 e. The Hall–Kier alpha value is -0.281. The molecule has 4 aliphatic rings. The first kappa shape index (κ1) is 29.8. The van der Waals surface area contributed by atoms with Crippen molar-refractivity contribution in [2.24, 2.45) is 20.4 Å². The molecule has 4 nitrogen and oxygen atoms in total. The van der Waals surface area contributed by atoms with Gasteiger partial charge in [0.1, 0.15) is 0 Å². The Morgan fingerprint density at radius 2 is 0.781 bits per heavy atom. The second kappa shape index (κ2) is 17.2. The molecule has 0 unspecified atom stereocenters. The Morgan fingerprint density at radius 3 is 1.09 bits per heavy atom. The first-order valence-corrected chi connectivity index (χ1v) is 9.75. The van der Waals surface area contributed by atoms with Crippen molar-refractivity contribution in [3.05, 3.63) is 126 Å². The maximum absolute atomic E-state index is 4.23. The Bertz CT molecular complexity index is 551. The average Bonchev–Trinajstić information content (AvgIpc) is 3.58. The van der Waals surface area contributed by atoms with Crippen LogP contribution in [0.25, 0.3) is 0 Å².